The van der Waals surface area contributed by atoms with E-state index in [1.54, 1.807) is 13.0 Å². The maximum absolute atomic E-state index is 13.4. The van der Waals surface area contributed by atoms with E-state index in [9.17, 15) is 28.3 Å². The highest BCUT2D eigenvalue weighted by molar-refractivity contribution is 6.29. The lowest BCUT2D eigenvalue weighted by Gasteiger charge is -2.34. The first-order valence-corrected chi connectivity index (χ1v) is 11.6. The second kappa shape index (κ2) is 9.78. The van der Waals surface area contributed by atoms with Gasteiger partial charge in [-0.2, -0.15) is 18.4 Å². The highest BCUT2D eigenvalue weighted by atomic mass is 35.5. The Morgan fingerprint density at radius 2 is 2.06 bits per heavy atom. The van der Waals surface area contributed by atoms with Crippen molar-refractivity contribution >= 4 is 40.1 Å². The van der Waals surface area contributed by atoms with Crippen LogP contribution in [0.1, 0.15) is 53.1 Å². The third kappa shape index (κ3) is 5.14. The number of halogens is 4. The van der Waals surface area contributed by atoms with Gasteiger partial charge in [-0.1, -0.05) is 17.7 Å². The molecule has 2 N–H and O–H groups in total. The number of pyridine rings is 1. The van der Waals surface area contributed by atoms with Gasteiger partial charge < -0.3 is 15.3 Å². The fourth-order valence-electron chi connectivity index (χ4n) is 4.41. The number of rotatable bonds is 5. The number of fused-ring (bicyclic) bond motifs is 1. The van der Waals surface area contributed by atoms with E-state index in [1.807, 2.05) is 19.1 Å². The number of hydrogen-bond donors (Lipinski definition) is 2. The number of hydrogen-bond acceptors (Lipinski definition) is 7. The highest BCUT2D eigenvalue weighted by Crippen LogP contribution is 2.36. The van der Waals surface area contributed by atoms with Crippen LogP contribution in [0.15, 0.2) is 24.3 Å². The van der Waals surface area contributed by atoms with Crippen molar-refractivity contribution in [3.63, 3.8) is 0 Å². The maximum atomic E-state index is 13.4. The Balaban J connectivity index is 1.78. The molecule has 36 heavy (non-hydrogen) atoms. The number of nitrogens with one attached hydrogen (secondary N) is 1. The van der Waals surface area contributed by atoms with Crippen LogP contribution in [0.3, 0.4) is 0 Å². The molecule has 1 aliphatic heterocycles. The third-order valence-electron chi connectivity index (χ3n) is 6.12. The number of benzene rings is 1. The molecule has 1 aromatic carbocycles. The Kier molecular flexibility index (Phi) is 6.91. The summed E-state index contributed by atoms with van der Waals surface area (Å²) in [5.74, 6) is -2.66. The average molecular weight is 519 g/mol. The van der Waals surface area contributed by atoms with Crippen molar-refractivity contribution in [1.29, 1.82) is 5.26 Å². The Morgan fingerprint density at radius 3 is 2.72 bits per heavy atom. The molecule has 2 aromatic heterocycles. The second-order valence-corrected chi connectivity index (χ2v) is 9.14. The van der Waals surface area contributed by atoms with Gasteiger partial charge in [-0.15, -0.1) is 0 Å². The predicted octanol–water partition coefficient (Wildman–Crippen LogP) is 5.51. The van der Waals surface area contributed by atoms with Crippen LogP contribution in [0.4, 0.5) is 24.7 Å². The van der Waals surface area contributed by atoms with Crippen molar-refractivity contribution in [1.82, 2.24) is 15.0 Å². The van der Waals surface area contributed by atoms with Crippen molar-refractivity contribution in [2.45, 2.75) is 38.9 Å². The van der Waals surface area contributed by atoms with Crippen LogP contribution in [0, 0.1) is 24.2 Å². The molecule has 0 spiro atoms. The number of aryl methyl sites for hydroxylation is 1. The average Bonchev–Trinajstić information content (AvgIpc) is 2.83. The van der Waals surface area contributed by atoms with Crippen molar-refractivity contribution < 1.29 is 23.1 Å². The van der Waals surface area contributed by atoms with Gasteiger partial charge in [0, 0.05) is 18.7 Å². The number of carboxylic acids is 1. The lowest BCUT2D eigenvalue weighted by Crippen LogP contribution is -2.42. The van der Waals surface area contributed by atoms with Crippen LogP contribution >= 0.6 is 11.6 Å². The third-order valence-corrected chi connectivity index (χ3v) is 6.33. The van der Waals surface area contributed by atoms with Crippen LogP contribution in [-0.2, 0) is 0 Å². The van der Waals surface area contributed by atoms with Gasteiger partial charge in [0.15, 0.2) is 17.2 Å². The number of carbonyl (C=O) groups is 1. The molecule has 2 atom stereocenters. The highest BCUT2D eigenvalue weighted by Gasteiger charge is 2.42. The minimum absolute atomic E-state index is 0.0231. The molecule has 0 bridgehead atoms. The number of carboxylic acid groups (broad SMARTS) is 1. The van der Waals surface area contributed by atoms with Crippen LogP contribution in [0.5, 0.6) is 0 Å². The van der Waals surface area contributed by atoms with E-state index in [0.29, 0.717) is 29.6 Å². The van der Waals surface area contributed by atoms with Gasteiger partial charge >= 0.3 is 12.1 Å². The SMILES string of the molecule is Cc1cc([C@@H](C)Nc2ccc(Cl)nc2C(=O)O)c2nc(N3CCC[C@H](C(F)(F)F)C3)c(C#N)nc2c1. The number of anilines is 2. The zero-order valence-corrected chi connectivity index (χ0v) is 20.2. The van der Waals surface area contributed by atoms with Crippen molar-refractivity contribution in [2.75, 3.05) is 23.3 Å². The summed E-state index contributed by atoms with van der Waals surface area (Å²) in [4.78, 5) is 26.1. The van der Waals surface area contributed by atoms with Gasteiger partial charge in [0.25, 0.3) is 0 Å². The summed E-state index contributed by atoms with van der Waals surface area (Å²) in [7, 11) is 0. The molecule has 3 heterocycles. The molecular formula is C24H22ClF3N6O2. The van der Waals surface area contributed by atoms with Gasteiger partial charge in [0.2, 0.25) is 0 Å². The van der Waals surface area contributed by atoms with Gasteiger partial charge in [0.05, 0.1) is 28.7 Å². The van der Waals surface area contributed by atoms with Crippen molar-refractivity contribution in [2.24, 2.45) is 5.92 Å². The van der Waals surface area contributed by atoms with Crippen LogP contribution in [0.2, 0.25) is 5.15 Å². The van der Waals surface area contributed by atoms with E-state index in [0.717, 1.165) is 5.56 Å². The number of aromatic carboxylic acids is 1. The monoisotopic (exact) mass is 518 g/mol. The molecule has 188 valence electrons. The Morgan fingerprint density at radius 1 is 1.31 bits per heavy atom. The van der Waals surface area contributed by atoms with Crippen LogP contribution in [0.25, 0.3) is 11.0 Å². The Labute approximate surface area is 209 Å². The summed E-state index contributed by atoms with van der Waals surface area (Å²) in [6, 6.07) is 8.02. The number of alkyl halides is 3. The van der Waals surface area contributed by atoms with Gasteiger partial charge in [-0.25, -0.2) is 19.7 Å². The number of aromatic nitrogens is 3. The molecule has 0 radical (unpaired) electrons. The lowest BCUT2D eigenvalue weighted by molar-refractivity contribution is -0.176. The first kappa shape index (κ1) is 25.4. The van der Waals surface area contributed by atoms with E-state index >= 15 is 0 Å². The fraction of sp³-hybridized carbons (Fsp3) is 0.375. The zero-order valence-electron chi connectivity index (χ0n) is 19.4. The molecule has 0 amide bonds. The molecule has 0 unspecified atom stereocenters. The van der Waals surface area contributed by atoms with Gasteiger partial charge in [0.1, 0.15) is 11.2 Å². The Hall–Kier alpha value is -3.65. The first-order valence-electron chi connectivity index (χ1n) is 11.2. The van der Waals surface area contributed by atoms with Gasteiger partial charge in [-0.05, 0) is 50.5 Å². The largest absolute Gasteiger partial charge is 0.476 e. The van der Waals surface area contributed by atoms with E-state index in [4.69, 9.17) is 11.6 Å². The standard InChI is InChI=1S/C24H22ClF3N6O2/c1-12-8-15(13(2)30-16-5-6-19(25)32-21(16)23(35)36)20-17(9-12)31-18(10-29)22(33-20)34-7-3-4-14(11-34)24(26,27)28/h5-6,8-9,13-14,30H,3-4,7,11H2,1-2H3,(H,35,36)/t13-,14+/m1/s1. The van der Waals surface area contributed by atoms with Gasteiger partial charge in [-0.3, -0.25) is 0 Å². The minimum Gasteiger partial charge on any atom is -0.476 e. The molecule has 3 aromatic rings. The molecule has 1 saturated heterocycles. The first-order chi connectivity index (χ1) is 17.0. The zero-order chi connectivity index (χ0) is 26.2. The molecule has 8 nitrogen and oxygen atoms in total. The molecule has 1 aliphatic rings. The molecule has 12 heteroatoms. The molecule has 4 rings (SSSR count). The summed E-state index contributed by atoms with van der Waals surface area (Å²) in [5, 5.41) is 22.3. The number of nitriles is 1. The van der Waals surface area contributed by atoms with E-state index in [1.165, 1.54) is 17.0 Å². The summed E-state index contributed by atoms with van der Waals surface area (Å²) in [6.45, 7) is 3.65. The summed E-state index contributed by atoms with van der Waals surface area (Å²) in [5.41, 5.74) is 2.21. The molecule has 1 fully saturated rings. The second-order valence-electron chi connectivity index (χ2n) is 8.76. The van der Waals surface area contributed by atoms with Crippen LogP contribution in [-0.4, -0.2) is 45.3 Å². The molecule has 0 saturated carbocycles. The fourth-order valence-corrected chi connectivity index (χ4v) is 4.56. The lowest BCUT2D eigenvalue weighted by atomic mass is 9.97. The summed E-state index contributed by atoms with van der Waals surface area (Å²) in [6.07, 6.45) is -4.00. The minimum atomic E-state index is -4.34. The van der Waals surface area contributed by atoms with E-state index in [2.05, 4.69) is 20.3 Å². The van der Waals surface area contributed by atoms with Crippen molar-refractivity contribution in [3.8, 4) is 6.07 Å². The maximum Gasteiger partial charge on any atom is 0.393 e. The number of piperidine rings is 1. The van der Waals surface area contributed by atoms with Crippen LogP contribution < -0.4 is 10.2 Å². The normalized spacial score (nSPS) is 17.0. The molecule has 0 aliphatic carbocycles. The smallest absolute Gasteiger partial charge is 0.393 e. The van der Waals surface area contributed by atoms with E-state index < -0.39 is 24.1 Å². The number of nitrogens with zero attached hydrogens (tertiary/aromatic N) is 5. The predicted molar refractivity (Wildman–Crippen MR) is 128 cm³/mol. The molecular weight excluding hydrogens is 497 g/mol. The quantitative estimate of drug-likeness (QED) is 0.425. The van der Waals surface area contributed by atoms with E-state index in [-0.39, 0.29) is 41.0 Å². The topological polar surface area (TPSA) is 115 Å². The summed E-state index contributed by atoms with van der Waals surface area (Å²) >= 11 is 5.85. The summed E-state index contributed by atoms with van der Waals surface area (Å²) < 4.78 is 40.2. The Bertz CT molecular complexity index is 1370. The van der Waals surface area contributed by atoms with Crippen molar-refractivity contribution in [3.05, 3.63) is 51.9 Å².